The molecule has 3 aliphatic rings. The molecule has 2 saturated heterocycles. The van der Waals surface area contributed by atoms with Crippen molar-refractivity contribution in [2.24, 2.45) is 5.92 Å². The molecule has 0 N–H and O–H groups in total. The molecule has 1 spiro atoms. The van der Waals surface area contributed by atoms with Crippen LogP contribution in [0.3, 0.4) is 0 Å². The summed E-state index contributed by atoms with van der Waals surface area (Å²) in [6, 6.07) is 8.97. The number of Topliss-reactive ketones (excluding diaryl/α,β-unsaturated/α-hetero) is 1. The van der Waals surface area contributed by atoms with Gasteiger partial charge in [-0.3, -0.25) is 14.4 Å². The molecule has 3 aliphatic heterocycles. The SMILES string of the molecule is COc1ccc(Cl)cc1N1CC(C(=O)N2CCC3(CC2)CC(=O)c2cc(C)c(C)cc2O3)CC1=O. The second kappa shape index (κ2) is 8.86. The zero-order chi connectivity index (χ0) is 24.9. The van der Waals surface area contributed by atoms with Gasteiger partial charge < -0.3 is 19.3 Å². The Morgan fingerprint density at radius 3 is 2.54 bits per heavy atom. The molecule has 0 saturated carbocycles. The zero-order valence-corrected chi connectivity index (χ0v) is 21.0. The van der Waals surface area contributed by atoms with E-state index >= 15 is 0 Å². The van der Waals surface area contributed by atoms with Crippen LogP contribution in [0.4, 0.5) is 5.69 Å². The third kappa shape index (κ3) is 4.27. The lowest BCUT2D eigenvalue weighted by Gasteiger charge is -2.44. The predicted octanol–water partition coefficient (Wildman–Crippen LogP) is 4.34. The molecule has 2 amide bonds. The number of piperidine rings is 1. The third-order valence-electron chi connectivity index (χ3n) is 7.60. The Bertz CT molecular complexity index is 1220. The number of fused-ring (bicyclic) bond motifs is 1. The standard InChI is InChI=1S/C27H29ClN2O5/c1-16-10-20-22(31)14-27(35-24(20)11-17(16)2)6-8-29(9-7-27)26(33)18-12-25(32)30(15-18)21-13-19(28)4-5-23(21)34-3/h4-5,10-11,13,18H,6-9,12,14-15H2,1-3H3. The molecular weight excluding hydrogens is 468 g/mol. The van der Waals surface area contributed by atoms with Gasteiger partial charge in [0.2, 0.25) is 11.8 Å². The van der Waals surface area contributed by atoms with E-state index in [0.29, 0.717) is 60.1 Å². The average molecular weight is 497 g/mol. The molecule has 1 unspecified atom stereocenters. The van der Waals surface area contributed by atoms with Crippen molar-refractivity contribution in [1.82, 2.24) is 4.90 Å². The first-order valence-electron chi connectivity index (χ1n) is 12.0. The van der Waals surface area contributed by atoms with Gasteiger partial charge in [-0.2, -0.15) is 0 Å². The van der Waals surface area contributed by atoms with Crippen LogP contribution >= 0.6 is 11.6 Å². The molecule has 5 rings (SSSR count). The van der Waals surface area contributed by atoms with Gasteiger partial charge in [-0.25, -0.2) is 0 Å². The highest BCUT2D eigenvalue weighted by atomic mass is 35.5. The fourth-order valence-electron chi connectivity index (χ4n) is 5.40. The number of carbonyl (C=O) groups excluding carboxylic acids is 3. The Hall–Kier alpha value is -3.06. The van der Waals surface area contributed by atoms with E-state index in [1.807, 2.05) is 30.9 Å². The monoisotopic (exact) mass is 496 g/mol. The summed E-state index contributed by atoms with van der Waals surface area (Å²) in [5.41, 5.74) is 2.82. The molecule has 184 valence electrons. The quantitative estimate of drug-likeness (QED) is 0.631. The lowest BCUT2D eigenvalue weighted by Crippen LogP contribution is -2.53. The molecule has 0 radical (unpaired) electrons. The van der Waals surface area contributed by atoms with Crippen molar-refractivity contribution in [2.75, 3.05) is 31.6 Å². The highest BCUT2D eigenvalue weighted by Gasteiger charge is 2.45. The second-order valence-electron chi connectivity index (χ2n) is 9.86. The number of anilines is 1. The molecular formula is C27H29ClN2O5. The van der Waals surface area contributed by atoms with E-state index in [1.54, 1.807) is 30.2 Å². The summed E-state index contributed by atoms with van der Waals surface area (Å²) >= 11 is 6.15. The van der Waals surface area contributed by atoms with Crippen LogP contribution in [0.15, 0.2) is 30.3 Å². The van der Waals surface area contributed by atoms with E-state index in [1.165, 1.54) is 0 Å². The number of hydrogen-bond acceptors (Lipinski definition) is 5. The van der Waals surface area contributed by atoms with E-state index in [-0.39, 0.29) is 30.6 Å². The number of likely N-dealkylation sites (tertiary alicyclic amines) is 1. The predicted molar refractivity (Wildman–Crippen MR) is 133 cm³/mol. The van der Waals surface area contributed by atoms with E-state index in [9.17, 15) is 14.4 Å². The van der Waals surface area contributed by atoms with Crippen molar-refractivity contribution in [3.63, 3.8) is 0 Å². The van der Waals surface area contributed by atoms with Gasteiger partial charge >= 0.3 is 0 Å². The Kier molecular flexibility index (Phi) is 5.99. The van der Waals surface area contributed by atoms with Crippen molar-refractivity contribution >= 4 is 34.9 Å². The van der Waals surface area contributed by atoms with Gasteiger partial charge in [0.25, 0.3) is 0 Å². The second-order valence-corrected chi connectivity index (χ2v) is 10.3. The number of benzene rings is 2. The third-order valence-corrected chi connectivity index (χ3v) is 7.83. The molecule has 1 atom stereocenters. The maximum absolute atomic E-state index is 13.3. The number of ketones is 1. The number of hydrogen-bond donors (Lipinski definition) is 0. The molecule has 0 bridgehead atoms. The number of ether oxygens (including phenoxy) is 2. The van der Waals surface area contributed by atoms with Crippen molar-refractivity contribution in [1.29, 1.82) is 0 Å². The highest BCUT2D eigenvalue weighted by molar-refractivity contribution is 6.31. The van der Waals surface area contributed by atoms with Crippen LogP contribution in [0, 0.1) is 19.8 Å². The van der Waals surface area contributed by atoms with Crippen LogP contribution in [0.25, 0.3) is 0 Å². The summed E-state index contributed by atoms with van der Waals surface area (Å²) in [5.74, 6) is 0.700. The van der Waals surface area contributed by atoms with E-state index in [2.05, 4.69) is 0 Å². The normalized spacial score (nSPS) is 21.2. The number of carbonyl (C=O) groups is 3. The highest BCUT2D eigenvalue weighted by Crippen LogP contribution is 2.41. The Morgan fingerprint density at radius 2 is 1.83 bits per heavy atom. The van der Waals surface area contributed by atoms with Gasteiger partial charge in [0.1, 0.15) is 17.1 Å². The fraction of sp³-hybridized carbons (Fsp3) is 0.444. The average Bonchev–Trinajstić information content (AvgIpc) is 3.22. The molecule has 8 heteroatoms. The van der Waals surface area contributed by atoms with Gasteiger partial charge in [-0.15, -0.1) is 0 Å². The molecule has 2 aromatic rings. The number of halogens is 1. The number of amides is 2. The number of methoxy groups -OCH3 is 1. The van der Waals surface area contributed by atoms with Gasteiger partial charge in [0.15, 0.2) is 5.78 Å². The molecule has 35 heavy (non-hydrogen) atoms. The van der Waals surface area contributed by atoms with E-state index in [0.717, 1.165) is 11.1 Å². The molecule has 2 aromatic carbocycles. The fourth-order valence-corrected chi connectivity index (χ4v) is 5.57. The largest absolute Gasteiger partial charge is 0.495 e. The van der Waals surface area contributed by atoms with Crippen LogP contribution in [0.5, 0.6) is 11.5 Å². The van der Waals surface area contributed by atoms with Crippen molar-refractivity contribution in [3.05, 3.63) is 52.0 Å². The summed E-state index contributed by atoms with van der Waals surface area (Å²) < 4.78 is 11.8. The maximum atomic E-state index is 13.3. The zero-order valence-electron chi connectivity index (χ0n) is 20.2. The molecule has 7 nitrogen and oxygen atoms in total. The molecule has 0 aliphatic carbocycles. The first-order valence-corrected chi connectivity index (χ1v) is 12.3. The van der Waals surface area contributed by atoms with Crippen LogP contribution in [-0.4, -0.2) is 54.8 Å². The van der Waals surface area contributed by atoms with E-state index in [4.69, 9.17) is 21.1 Å². The van der Waals surface area contributed by atoms with Gasteiger partial charge in [-0.1, -0.05) is 11.6 Å². The summed E-state index contributed by atoms with van der Waals surface area (Å²) in [5, 5.41) is 0.499. The van der Waals surface area contributed by atoms with E-state index < -0.39 is 11.5 Å². The summed E-state index contributed by atoms with van der Waals surface area (Å²) in [6.07, 6.45) is 1.65. The lowest BCUT2D eigenvalue weighted by atomic mass is 9.81. The first kappa shape index (κ1) is 23.7. The van der Waals surface area contributed by atoms with Gasteiger partial charge in [0.05, 0.1) is 30.7 Å². The number of nitrogens with zero attached hydrogens (tertiary/aromatic N) is 2. The molecule has 3 heterocycles. The minimum absolute atomic E-state index is 0.0364. The topological polar surface area (TPSA) is 76.2 Å². The van der Waals surface area contributed by atoms with Crippen LogP contribution < -0.4 is 14.4 Å². The molecule has 0 aromatic heterocycles. The lowest BCUT2D eigenvalue weighted by molar-refractivity contribution is -0.139. The van der Waals surface area contributed by atoms with Crippen LogP contribution in [0.1, 0.15) is 47.2 Å². The minimum Gasteiger partial charge on any atom is -0.495 e. The number of rotatable bonds is 3. The Labute approximate surface area is 209 Å². The summed E-state index contributed by atoms with van der Waals surface area (Å²) in [7, 11) is 1.54. The smallest absolute Gasteiger partial charge is 0.228 e. The summed E-state index contributed by atoms with van der Waals surface area (Å²) in [6.45, 7) is 5.29. The number of aryl methyl sites for hydroxylation is 2. The van der Waals surface area contributed by atoms with Crippen molar-refractivity contribution in [3.8, 4) is 11.5 Å². The Balaban J connectivity index is 1.26. The summed E-state index contributed by atoms with van der Waals surface area (Å²) in [4.78, 5) is 42.4. The maximum Gasteiger partial charge on any atom is 0.228 e. The Morgan fingerprint density at radius 1 is 1.11 bits per heavy atom. The van der Waals surface area contributed by atoms with Crippen molar-refractivity contribution < 1.29 is 23.9 Å². The van der Waals surface area contributed by atoms with Gasteiger partial charge in [0, 0.05) is 43.9 Å². The van der Waals surface area contributed by atoms with Crippen molar-refractivity contribution in [2.45, 2.75) is 45.1 Å². The van der Waals surface area contributed by atoms with Crippen LogP contribution in [-0.2, 0) is 9.59 Å². The minimum atomic E-state index is -0.575. The van der Waals surface area contributed by atoms with Crippen LogP contribution in [0.2, 0.25) is 5.02 Å². The first-order chi connectivity index (χ1) is 16.7. The van der Waals surface area contributed by atoms with Gasteiger partial charge in [-0.05, 0) is 55.3 Å². The molecule has 2 fully saturated rings.